The highest BCUT2D eigenvalue weighted by atomic mass is 16.5. The van der Waals surface area contributed by atoms with Crippen molar-refractivity contribution in [3.05, 3.63) is 65.7 Å². The van der Waals surface area contributed by atoms with Gasteiger partial charge < -0.3 is 10.1 Å². The molecule has 0 spiro atoms. The molecule has 0 aliphatic rings. The summed E-state index contributed by atoms with van der Waals surface area (Å²) in [5.41, 5.74) is 2.14. The van der Waals surface area contributed by atoms with Crippen molar-refractivity contribution in [3.8, 4) is 5.75 Å². The maximum atomic E-state index is 12.4. The average Bonchev–Trinajstić information content (AvgIpc) is 2.61. The third kappa shape index (κ3) is 5.63. The third-order valence-corrected chi connectivity index (χ3v) is 4.59. The zero-order chi connectivity index (χ0) is 18.3. The number of hydrogen-bond donors (Lipinski definition) is 1. The first-order valence-electron chi connectivity index (χ1n) is 9.01. The minimum atomic E-state index is -0.139. The molecule has 2 aromatic rings. The molecule has 0 unspecified atom stereocenters. The molecular weight excluding hydrogens is 310 g/mol. The molecule has 3 nitrogen and oxygen atoms in total. The molecular formula is C22H29NO2. The minimum Gasteiger partial charge on any atom is -0.491 e. The molecule has 0 radical (unpaired) electrons. The molecule has 0 aliphatic carbocycles. The van der Waals surface area contributed by atoms with Crippen LogP contribution in [0.25, 0.3) is 0 Å². The van der Waals surface area contributed by atoms with Crippen molar-refractivity contribution in [1.29, 1.82) is 0 Å². The van der Waals surface area contributed by atoms with Crippen LogP contribution < -0.4 is 10.1 Å². The van der Waals surface area contributed by atoms with Crippen molar-refractivity contribution >= 4 is 5.91 Å². The lowest BCUT2D eigenvalue weighted by molar-refractivity contribution is -0.122. The summed E-state index contributed by atoms with van der Waals surface area (Å²) in [6.45, 7) is 8.83. The third-order valence-electron chi connectivity index (χ3n) is 4.59. The molecule has 0 aromatic heterocycles. The second-order valence-corrected chi connectivity index (χ2v) is 7.04. The number of carbonyl (C=O) groups is 1. The van der Waals surface area contributed by atoms with E-state index in [2.05, 4.69) is 31.3 Å². The Balaban J connectivity index is 1.91. The van der Waals surface area contributed by atoms with Gasteiger partial charge in [0.15, 0.2) is 0 Å². The van der Waals surface area contributed by atoms with Gasteiger partial charge in [-0.25, -0.2) is 0 Å². The molecule has 1 N–H and O–H groups in total. The lowest BCUT2D eigenvalue weighted by atomic mass is 9.77. The maximum Gasteiger partial charge on any atom is 0.221 e. The summed E-state index contributed by atoms with van der Waals surface area (Å²) in [7, 11) is 0. The van der Waals surface area contributed by atoms with Crippen LogP contribution in [0.5, 0.6) is 5.75 Å². The number of nitrogens with one attached hydrogen (secondary N) is 1. The Bertz CT molecular complexity index is 664. The summed E-state index contributed by atoms with van der Waals surface area (Å²) in [4.78, 5) is 12.4. The summed E-state index contributed by atoms with van der Waals surface area (Å²) in [5.74, 6) is 0.934. The minimum absolute atomic E-state index is 0.0794. The zero-order valence-corrected chi connectivity index (χ0v) is 15.7. The van der Waals surface area contributed by atoms with Crippen molar-refractivity contribution in [2.24, 2.45) is 0 Å². The van der Waals surface area contributed by atoms with E-state index in [4.69, 9.17) is 4.74 Å². The van der Waals surface area contributed by atoms with E-state index in [9.17, 15) is 4.79 Å². The number of ether oxygens (including phenoxy) is 1. The number of carbonyl (C=O) groups excluding carboxylic acids is 1. The van der Waals surface area contributed by atoms with Gasteiger partial charge in [-0.15, -0.1) is 0 Å². The van der Waals surface area contributed by atoms with Crippen molar-refractivity contribution in [3.63, 3.8) is 0 Å². The number of rotatable bonds is 8. The summed E-state index contributed by atoms with van der Waals surface area (Å²) in [5, 5.41) is 3.04. The first kappa shape index (κ1) is 19.0. The molecule has 1 atom stereocenters. The van der Waals surface area contributed by atoms with E-state index in [1.54, 1.807) is 0 Å². The topological polar surface area (TPSA) is 38.3 Å². The molecule has 0 saturated heterocycles. The molecule has 2 rings (SSSR count). The molecule has 0 heterocycles. The summed E-state index contributed by atoms with van der Waals surface area (Å²) in [6.07, 6.45) is 1.57. The largest absolute Gasteiger partial charge is 0.491 e. The van der Waals surface area contributed by atoms with E-state index < -0.39 is 0 Å². The Morgan fingerprint density at radius 3 is 2.28 bits per heavy atom. The fourth-order valence-corrected chi connectivity index (χ4v) is 2.85. The quantitative estimate of drug-likeness (QED) is 0.747. The van der Waals surface area contributed by atoms with Gasteiger partial charge in [-0.1, -0.05) is 56.3 Å². The summed E-state index contributed by atoms with van der Waals surface area (Å²) < 4.78 is 5.64. The Morgan fingerprint density at radius 1 is 1.08 bits per heavy atom. The molecule has 2 aromatic carbocycles. The van der Waals surface area contributed by atoms with Crippen molar-refractivity contribution in [2.45, 2.75) is 58.6 Å². The summed E-state index contributed by atoms with van der Waals surface area (Å²) in [6, 6.07) is 18.1. The monoisotopic (exact) mass is 339 g/mol. The first-order chi connectivity index (χ1) is 11.9. The van der Waals surface area contributed by atoms with Crippen LogP contribution >= 0.6 is 0 Å². The first-order valence-corrected chi connectivity index (χ1v) is 9.01. The van der Waals surface area contributed by atoms with Crippen molar-refractivity contribution in [1.82, 2.24) is 5.32 Å². The SMILES string of the molecule is CC[C@@](C)(CC(=O)NCc1ccc(OC(C)C)cc1)c1ccccc1. The van der Waals surface area contributed by atoms with Crippen LogP contribution in [0.2, 0.25) is 0 Å². The van der Waals surface area contributed by atoms with Crippen LogP contribution in [-0.2, 0) is 16.8 Å². The van der Waals surface area contributed by atoms with Gasteiger partial charge >= 0.3 is 0 Å². The van der Waals surface area contributed by atoms with E-state index in [1.807, 2.05) is 56.3 Å². The Hall–Kier alpha value is -2.29. The molecule has 0 bridgehead atoms. The van der Waals surface area contributed by atoms with E-state index in [0.717, 1.165) is 17.7 Å². The van der Waals surface area contributed by atoms with E-state index in [0.29, 0.717) is 13.0 Å². The van der Waals surface area contributed by atoms with Gasteiger partial charge in [-0.05, 0) is 43.5 Å². The van der Waals surface area contributed by atoms with Gasteiger partial charge in [0.1, 0.15) is 5.75 Å². The highest BCUT2D eigenvalue weighted by Crippen LogP contribution is 2.31. The highest BCUT2D eigenvalue weighted by molar-refractivity contribution is 5.77. The van der Waals surface area contributed by atoms with Gasteiger partial charge in [0.25, 0.3) is 0 Å². The van der Waals surface area contributed by atoms with E-state index in [1.165, 1.54) is 5.56 Å². The van der Waals surface area contributed by atoms with Crippen LogP contribution in [0, 0.1) is 0 Å². The average molecular weight is 339 g/mol. The molecule has 1 amide bonds. The van der Waals surface area contributed by atoms with Gasteiger partial charge in [-0.3, -0.25) is 4.79 Å². The van der Waals surface area contributed by atoms with Gasteiger partial charge in [-0.2, -0.15) is 0 Å². The second kappa shape index (κ2) is 8.70. The van der Waals surface area contributed by atoms with Gasteiger partial charge in [0.2, 0.25) is 5.91 Å². The van der Waals surface area contributed by atoms with E-state index in [-0.39, 0.29) is 17.4 Å². The number of amides is 1. The Kier molecular flexibility index (Phi) is 6.63. The van der Waals surface area contributed by atoms with Crippen molar-refractivity contribution < 1.29 is 9.53 Å². The van der Waals surface area contributed by atoms with E-state index >= 15 is 0 Å². The summed E-state index contributed by atoms with van der Waals surface area (Å²) >= 11 is 0. The number of benzene rings is 2. The number of hydrogen-bond acceptors (Lipinski definition) is 2. The molecule has 0 fully saturated rings. The fourth-order valence-electron chi connectivity index (χ4n) is 2.85. The predicted molar refractivity (Wildman–Crippen MR) is 103 cm³/mol. The smallest absolute Gasteiger partial charge is 0.221 e. The van der Waals surface area contributed by atoms with Gasteiger partial charge in [0.05, 0.1) is 6.10 Å². The maximum absolute atomic E-state index is 12.4. The molecule has 134 valence electrons. The second-order valence-electron chi connectivity index (χ2n) is 7.04. The lowest BCUT2D eigenvalue weighted by Crippen LogP contribution is -2.32. The van der Waals surface area contributed by atoms with Crippen LogP contribution in [0.15, 0.2) is 54.6 Å². The molecule has 0 aliphatic heterocycles. The normalized spacial score (nSPS) is 13.3. The standard InChI is InChI=1S/C22H29NO2/c1-5-22(4,19-9-7-6-8-10-19)15-21(24)23-16-18-11-13-20(14-12-18)25-17(2)3/h6-14,17H,5,15-16H2,1-4H3,(H,23,24)/t22-/m0/s1. The molecule has 25 heavy (non-hydrogen) atoms. The van der Waals surface area contributed by atoms with Crippen LogP contribution in [0.1, 0.15) is 51.7 Å². The fraction of sp³-hybridized carbons (Fsp3) is 0.409. The Labute approximate surface area is 151 Å². The van der Waals surface area contributed by atoms with Crippen LogP contribution in [0.3, 0.4) is 0 Å². The predicted octanol–water partition coefficient (Wildman–Crippen LogP) is 4.85. The highest BCUT2D eigenvalue weighted by Gasteiger charge is 2.27. The molecule has 3 heteroatoms. The van der Waals surface area contributed by atoms with Crippen molar-refractivity contribution in [2.75, 3.05) is 0 Å². The van der Waals surface area contributed by atoms with Gasteiger partial charge in [0, 0.05) is 18.4 Å². The molecule has 0 saturated carbocycles. The van der Waals surface area contributed by atoms with Crippen LogP contribution in [0.4, 0.5) is 0 Å². The Morgan fingerprint density at radius 2 is 1.72 bits per heavy atom. The lowest BCUT2D eigenvalue weighted by Gasteiger charge is -2.28. The zero-order valence-electron chi connectivity index (χ0n) is 15.7. The van der Waals surface area contributed by atoms with Crippen LogP contribution in [-0.4, -0.2) is 12.0 Å².